The predicted molar refractivity (Wildman–Crippen MR) is 89.7 cm³/mol. The van der Waals surface area contributed by atoms with Crippen LogP contribution >= 0.6 is 0 Å². The van der Waals surface area contributed by atoms with Crippen LogP contribution in [0.5, 0.6) is 11.5 Å². The van der Waals surface area contributed by atoms with Crippen molar-refractivity contribution in [3.63, 3.8) is 0 Å². The minimum atomic E-state index is -1.03. The lowest BCUT2D eigenvalue weighted by molar-refractivity contribution is -0.205. The predicted octanol–water partition coefficient (Wildman–Crippen LogP) is 3.75. The normalized spacial score (nSPS) is 13.0. The summed E-state index contributed by atoms with van der Waals surface area (Å²) in [5.74, 6) is -2.37. The number of rotatable bonds is 6. The van der Waals surface area contributed by atoms with Gasteiger partial charge in [0, 0.05) is 0 Å². The van der Waals surface area contributed by atoms with Crippen molar-refractivity contribution in [2.45, 2.75) is 12.8 Å². The summed E-state index contributed by atoms with van der Waals surface area (Å²) in [4.78, 5) is 17.1. The molecular weight excluding hydrogens is 308 g/mol. The van der Waals surface area contributed by atoms with E-state index in [1.807, 2.05) is 0 Å². The first-order valence-corrected chi connectivity index (χ1v) is 7.34. The van der Waals surface area contributed by atoms with Gasteiger partial charge in [-0.15, -0.1) is 0 Å². The number of carbonyl (C=O) groups is 1. The fourth-order valence-corrected chi connectivity index (χ4v) is 2.41. The fraction of sp³-hybridized carbons (Fsp3) is 0.105. The van der Waals surface area contributed by atoms with Gasteiger partial charge in [0.2, 0.25) is 11.5 Å². The molecule has 0 saturated carbocycles. The third-order valence-corrected chi connectivity index (χ3v) is 3.53. The van der Waals surface area contributed by atoms with Gasteiger partial charge in [0.15, 0.2) is 0 Å². The van der Waals surface area contributed by atoms with Gasteiger partial charge in [-0.3, -0.25) is 4.79 Å². The van der Waals surface area contributed by atoms with E-state index >= 15 is 0 Å². The van der Waals surface area contributed by atoms with Crippen molar-refractivity contribution < 1.29 is 25.2 Å². The zero-order valence-electron chi connectivity index (χ0n) is 13.1. The quantitative estimate of drug-likeness (QED) is 0.247. The van der Waals surface area contributed by atoms with Crippen LogP contribution in [0, 0.1) is 0 Å². The number of benzene rings is 2. The first-order valence-electron chi connectivity index (χ1n) is 7.34. The topological polar surface area (TPSA) is 87.0 Å². The molecule has 2 aromatic rings. The molecule has 2 aromatic carbocycles. The highest BCUT2D eigenvalue weighted by Crippen LogP contribution is 2.39. The van der Waals surface area contributed by atoms with Crippen LogP contribution in [0.15, 0.2) is 72.5 Å². The maximum atomic E-state index is 12.9. The number of phenolic OH excluding ortho intramolecular Hbond substituents is 2. The van der Waals surface area contributed by atoms with Gasteiger partial charge in [0.25, 0.3) is 0 Å². The Bertz CT molecular complexity index is 742. The van der Waals surface area contributed by atoms with Crippen LogP contribution in [-0.2, 0) is 9.68 Å². The molecule has 0 amide bonds. The highest BCUT2D eigenvalue weighted by molar-refractivity contribution is 6.02. The van der Waals surface area contributed by atoms with E-state index in [1.165, 1.54) is 30.4 Å². The maximum Gasteiger partial charge on any atom is 0.213 e. The number of hydrogen-bond acceptors (Lipinski definition) is 5. The highest BCUT2D eigenvalue weighted by atomic mass is 17.1. The van der Waals surface area contributed by atoms with E-state index < -0.39 is 11.7 Å². The van der Waals surface area contributed by atoms with Crippen molar-refractivity contribution in [2.24, 2.45) is 0 Å². The minimum Gasteiger partial charge on any atom is -0.507 e. The monoisotopic (exact) mass is 326 g/mol. The average molecular weight is 326 g/mol. The van der Waals surface area contributed by atoms with E-state index in [-0.39, 0.29) is 22.8 Å². The third kappa shape index (κ3) is 3.64. The van der Waals surface area contributed by atoms with Crippen LogP contribution in [0.25, 0.3) is 0 Å². The standard InChI is InChI=1S/C19H18O5/c1-2-3-12-16(24-23)19(22)17(13-8-5-4-6-9-13)18-14(20)10-7-11-15(18)21/h2-12,17,20-21,23H,1H3/b3-2+,16-12+. The summed E-state index contributed by atoms with van der Waals surface area (Å²) in [5.41, 5.74) is 0.597. The van der Waals surface area contributed by atoms with Crippen LogP contribution in [-0.4, -0.2) is 21.3 Å². The van der Waals surface area contributed by atoms with Crippen molar-refractivity contribution in [3.8, 4) is 11.5 Å². The second kappa shape index (κ2) is 7.99. The van der Waals surface area contributed by atoms with Gasteiger partial charge >= 0.3 is 0 Å². The number of Topliss-reactive ketones (excluding diaryl/α,β-unsaturated/α-hetero) is 1. The van der Waals surface area contributed by atoms with Gasteiger partial charge < -0.3 is 15.1 Å². The molecule has 0 aromatic heterocycles. The molecule has 1 atom stereocenters. The molecule has 0 fully saturated rings. The first kappa shape index (κ1) is 17.3. The van der Waals surface area contributed by atoms with Crippen molar-refractivity contribution in [2.75, 3.05) is 0 Å². The van der Waals surface area contributed by atoms with Crippen LogP contribution in [0.4, 0.5) is 0 Å². The molecule has 0 bridgehead atoms. The summed E-state index contributed by atoms with van der Waals surface area (Å²) < 4.78 is 0. The van der Waals surface area contributed by atoms with Gasteiger partial charge in [-0.1, -0.05) is 48.6 Å². The summed E-state index contributed by atoms with van der Waals surface area (Å²) in [6.45, 7) is 1.75. The van der Waals surface area contributed by atoms with Gasteiger partial charge in [-0.25, -0.2) is 5.26 Å². The Morgan fingerprint density at radius 3 is 2.21 bits per heavy atom. The molecule has 5 nitrogen and oxygen atoms in total. The Morgan fingerprint density at radius 2 is 1.67 bits per heavy atom. The molecule has 5 heteroatoms. The number of allylic oxidation sites excluding steroid dienone is 4. The maximum absolute atomic E-state index is 12.9. The number of phenols is 2. The fourth-order valence-electron chi connectivity index (χ4n) is 2.41. The molecule has 2 rings (SSSR count). The van der Waals surface area contributed by atoms with Crippen molar-refractivity contribution in [3.05, 3.63) is 83.6 Å². The molecule has 124 valence electrons. The second-order valence-electron chi connectivity index (χ2n) is 5.07. The van der Waals surface area contributed by atoms with Crippen LogP contribution in [0.3, 0.4) is 0 Å². The van der Waals surface area contributed by atoms with Crippen LogP contribution < -0.4 is 0 Å². The first-order chi connectivity index (χ1) is 11.6. The lowest BCUT2D eigenvalue weighted by atomic mass is 9.85. The third-order valence-electron chi connectivity index (χ3n) is 3.53. The Morgan fingerprint density at radius 1 is 1.04 bits per heavy atom. The van der Waals surface area contributed by atoms with E-state index in [0.29, 0.717) is 5.56 Å². The average Bonchev–Trinajstić information content (AvgIpc) is 2.59. The summed E-state index contributed by atoms with van der Waals surface area (Å²) in [6.07, 6.45) is 4.52. The van der Waals surface area contributed by atoms with E-state index in [2.05, 4.69) is 4.89 Å². The Hall–Kier alpha value is -3.05. The van der Waals surface area contributed by atoms with Crippen LogP contribution in [0.1, 0.15) is 24.0 Å². The lowest BCUT2D eigenvalue weighted by Crippen LogP contribution is -2.18. The number of ketones is 1. The molecule has 0 radical (unpaired) electrons. The molecule has 0 aliphatic rings. The molecule has 1 unspecified atom stereocenters. The molecule has 0 aliphatic heterocycles. The SMILES string of the molecule is C/C=C/C=C(/OO)C(=O)C(c1ccccc1)c1c(O)cccc1O. The van der Waals surface area contributed by atoms with Crippen LogP contribution in [0.2, 0.25) is 0 Å². The second-order valence-corrected chi connectivity index (χ2v) is 5.07. The molecule has 0 saturated heterocycles. The van der Waals surface area contributed by atoms with Gasteiger partial charge in [0.05, 0.1) is 11.5 Å². The molecular formula is C19H18O5. The summed E-state index contributed by atoms with van der Waals surface area (Å²) >= 11 is 0. The van der Waals surface area contributed by atoms with Crippen molar-refractivity contribution >= 4 is 5.78 Å². The van der Waals surface area contributed by atoms with Gasteiger partial charge in [-0.2, -0.15) is 0 Å². The largest absolute Gasteiger partial charge is 0.507 e. The molecule has 24 heavy (non-hydrogen) atoms. The van der Waals surface area contributed by atoms with Crippen molar-refractivity contribution in [1.82, 2.24) is 0 Å². The van der Waals surface area contributed by atoms with Gasteiger partial charge in [0.1, 0.15) is 11.5 Å². The smallest absolute Gasteiger partial charge is 0.213 e. The van der Waals surface area contributed by atoms with E-state index in [9.17, 15) is 15.0 Å². The van der Waals surface area contributed by atoms with E-state index in [1.54, 1.807) is 43.3 Å². The Balaban J connectivity index is 2.63. The Kier molecular flexibility index (Phi) is 5.76. The Labute approximate surface area is 139 Å². The highest BCUT2D eigenvalue weighted by Gasteiger charge is 2.31. The molecule has 0 aliphatic carbocycles. The summed E-state index contributed by atoms with van der Waals surface area (Å²) in [5, 5.41) is 29.4. The van der Waals surface area contributed by atoms with E-state index in [0.717, 1.165) is 0 Å². The minimum absolute atomic E-state index is 0.0529. The number of carbonyl (C=O) groups excluding carboxylic acids is 1. The lowest BCUT2D eigenvalue weighted by Gasteiger charge is -2.19. The molecule has 0 spiro atoms. The summed E-state index contributed by atoms with van der Waals surface area (Å²) in [6, 6.07) is 12.9. The van der Waals surface area contributed by atoms with E-state index in [4.69, 9.17) is 5.26 Å². The zero-order chi connectivity index (χ0) is 17.5. The molecule has 3 N–H and O–H groups in total. The number of aromatic hydroxyl groups is 2. The zero-order valence-corrected chi connectivity index (χ0v) is 13.1. The summed E-state index contributed by atoms with van der Waals surface area (Å²) in [7, 11) is 0. The van der Waals surface area contributed by atoms with Gasteiger partial charge in [-0.05, 0) is 30.7 Å². The number of hydrogen-bond donors (Lipinski definition) is 3. The van der Waals surface area contributed by atoms with Crippen molar-refractivity contribution in [1.29, 1.82) is 0 Å². The molecule has 0 heterocycles.